The summed E-state index contributed by atoms with van der Waals surface area (Å²) in [6.07, 6.45) is 2.41. The summed E-state index contributed by atoms with van der Waals surface area (Å²) in [6, 6.07) is 6.14. The van der Waals surface area contributed by atoms with Gasteiger partial charge in [0.15, 0.2) is 9.84 Å². The van der Waals surface area contributed by atoms with E-state index in [0.29, 0.717) is 5.69 Å². The number of carbonyl (C=O) groups is 1. The van der Waals surface area contributed by atoms with Gasteiger partial charge >= 0.3 is 5.97 Å². The first-order chi connectivity index (χ1) is 9.84. The number of aromatic nitrogens is 2. The predicted octanol–water partition coefficient (Wildman–Crippen LogP) is 1.03. The van der Waals surface area contributed by atoms with Crippen LogP contribution in [0.4, 0.5) is 5.82 Å². The Bertz CT molecular complexity index is 780. The van der Waals surface area contributed by atoms with E-state index < -0.39 is 15.8 Å². The number of esters is 1. The number of carbonyl (C=O) groups excluding carboxylic acids is 1. The van der Waals surface area contributed by atoms with Crippen molar-refractivity contribution in [2.75, 3.05) is 18.6 Å². The van der Waals surface area contributed by atoms with Crippen LogP contribution in [0.5, 0.6) is 0 Å². The smallest absolute Gasteiger partial charge is 0.343 e. The molecule has 0 unspecified atom stereocenters. The second kappa shape index (κ2) is 5.57. The van der Waals surface area contributed by atoms with Gasteiger partial charge in [0.1, 0.15) is 11.4 Å². The van der Waals surface area contributed by atoms with Gasteiger partial charge in [-0.15, -0.1) is 0 Å². The lowest BCUT2D eigenvalue weighted by Crippen LogP contribution is -2.09. The Kier molecular flexibility index (Phi) is 3.99. The molecular weight excluding hydrogens is 294 g/mol. The second-order valence-corrected chi connectivity index (χ2v) is 6.36. The van der Waals surface area contributed by atoms with Crippen LogP contribution in [-0.4, -0.2) is 37.0 Å². The molecule has 0 aliphatic rings. The highest BCUT2D eigenvalue weighted by Crippen LogP contribution is 2.20. The van der Waals surface area contributed by atoms with Gasteiger partial charge < -0.3 is 10.5 Å². The molecule has 0 aliphatic heterocycles. The molecule has 0 amide bonds. The highest BCUT2D eigenvalue weighted by Gasteiger charge is 2.18. The van der Waals surface area contributed by atoms with E-state index in [1.165, 1.54) is 23.0 Å². The molecule has 0 bridgehead atoms. The van der Waals surface area contributed by atoms with Gasteiger partial charge in [-0.05, 0) is 25.1 Å². The standard InChI is InChI=1S/C13H15N3O4S/c1-3-20-13(17)11-8-15-16(12(11)14)9-5-4-6-10(7-9)21(2,18)19/h4-8H,3,14H2,1-2H3. The minimum absolute atomic E-state index is 0.0964. The number of ether oxygens (including phenoxy) is 1. The van der Waals surface area contributed by atoms with E-state index in [4.69, 9.17) is 10.5 Å². The van der Waals surface area contributed by atoms with Crippen molar-refractivity contribution < 1.29 is 17.9 Å². The highest BCUT2D eigenvalue weighted by atomic mass is 32.2. The molecule has 0 spiro atoms. The molecule has 2 rings (SSSR count). The van der Waals surface area contributed by atoms with Crippen LogP contribution < -0.4 is 5.73 Å². The second-order valence-electron chi connectivity index (χ2n) is 4.35. The monoisotopic (exact) mass is 309 g/mol. The molecule has 2 N–H and O–H groups in total. The summed E-state index contributed by atoms with van der Waals surface area (Å²) in [7, 11) is -3.34. The fourth-order valence-corrected chi connectivity index (χ4v) is 2.44. The highest BCUT2D eigenvalue weighted by molar-refractivity contribution is 7.90. The molecule has 2 aromatic rings. The van der Waals surface area contributed by atoms with Crippen LogP contribution in [0.3, 0.4) is 0 Å². The SMILES string of the molecule is CCOC(=O)c1cnn(-c2cccc(S(C)(=O)=O)c2)c1N. The molecule has 112 valence electrons. The number of nitrogens with two attached hydrogens (primary N) is 1. The van der Waals surface area contributed by atoms with E-state index >= 15 is 0 Å². The first kappa shape index (κ1) is 15.0. The molecule has 0 radical (unpaired) electrons. The molecular formula is C13H15N3O4S. The zero-order valence-corrected chi connectivity index (χ0v) is 12.4. The average Bonchev–Trinajstić information content (AvgIpc) is 2.80. The lowest BCUT2D eigenvalue weighted by atomic mass is 10.3. The molecule has 1 heterocycles. The third-order valence-corrected chi connectivity index (χ3v) is 3.90. The van der Waals surface area contributed by atoms with Crippen molar-refractivity contribution in [3.63, 3.8) is 0 Å². The lowest BCUT2D eigenvalue weighted by molar-refractivity contribution is 0.0527. The Morgan fingerprint density at radius 3 is 2.76 bits per heavy atom. The molecule has 0 atom stereocenters. The van der Waals surface area contributed by atoms with E-state index in [1.54, 1.807) is 19.1 Å². The minimum atomic E-state index is -3.34. The molecule has 8 heteroatoms. The van der Waals surface area contributed by atoms with Crippen LogP contribution in [0.2, 0.25) is 0 Å². The summed E-state index contributed by atoms with van der Waals surface area (Å²) in [5.41, 5.74) is 6.47. The van der Waals surface area contributed by atoms with E-state index in [9.17, 15) is 13.2 Å². The summed E-state index contributed by atoms with van der Waals surface area (Å²) in [5.74, 6) is -0.473. The van der Waals surface area contributed by atoms with Gasteiger partial charge in [0.25, 0.3) is 0 Å². The van der Waals surface area contributed by atoms with Crippen molar-refractivity contribution in [3.05, 3.63) is 36.0 Å². The van der Waals surface area contributed by atoms with Crippen molar-refractivity contribution in [1.82, 2.24) is 9.78 Å². The number of nitrogens with zero attached hydrogens (tertiary/aromatic N) is 2. The summed E-state index contributed by atoms with van der Waals surface area (Å²) in [4.78, 5) is 11.8. The van der Waals surface area contributed by atoms with Crippen LogP contribution in [-0.2, 0) is 14.6 Å². The van der Waals surface area contributed by atoms with Crippen LogP contribution in [0.1, 0.15) is 17.3 Å². The first-order valence-electron chi connectivity index (χ1n) is 6.15. The zero-order valence-electron chi connectivity index (χ0n) is 11.6. The maximum Gasteiger partial charge on any atom is 0.343 e. The molecule has 1 aromatic carbocycles. The van der Waals surface area contributed by atoms with Gasteiger partial charge in [-0.2, -0.15) is 5.10 Å². The number of hydrogen-bond acceptors (Lipinski definition) is 6. The number of rotatable bonds is 4. The van der Waals surface area contributed by atoms with Crippen molar-refractivity contribution in [2.45, 2.75) is 11.8 Å². The Morgan fingerprint density at radius 1 is 1.43 bits per heavy atom. The van der Waals surface area contributed by atoms with Gasteiger partial charge in [0.2, 0.25) is 0 Å². The lowest BCUT2D eigenvalue weighted by Gasteiger charge is -2.07. The Hall–Kier alpha value is -2.35. The van der Waals surface area contributed by atoms with Crippen molar-refractivity contribution in [3.8, 4) is 5.69 Å². The summed E-state index contributed by atoms with van der Waals surface area (Å²) in [5, 5.41) is 4.01. The van der Waals surface area contributed by atoms with E-state index in [0.717, 1.165) is 6.26 Å². The number of hydrogen-bond donors (Lipinski definition) is 1. The van der Waals surface area contributed by atoms with Gasteiger partial charge in [0.05, 0.1) is 23.4 Å². The predicted molar refractivity (Wildman–Crippen MR) is 77.0 cm³/mol. The van der Waals surface area contributed by atoms with Crippen LogP contribution in [0, 0.1) is 0 Å². The third kappa shape index (κ3) is 3.05. The number of nitrogen functional groups attached to an aromatic ring is 1. The van der Waals surface area contributed by atoms with Crippen molar-refractivity contribution in [2.24, 2.45) is 0 Å². The molecule has 0 saturated heterocycles. The van der Waals surface area contributed by atoms with Crippen LogP contribution in [0.15, 0.2) is 35.4 Å². The normalized spacial score (nSPS) is 11.3. The number of sulfone groups is 1. The summed E-state index contributed by atoms with van der Waals surface area (Å²) >= 11 is 0. The Labute approximate surface area is 122 Å². The van der Waals surface area contributed by atoms with Crippen LogP contribution >= 0.6 is 0 Å². The number of benzene rings is 1. The van der Waals surface area contributed by atoms with Gasteiger partial charge in [-0.25, -0.2) is 17.9 Å². The van der Waals surface area contributed by atoms with Gasteiger partial charge in [-0.1, -0.05) is 6.07 Å². The maximum atomic E-state index is 11.7. The largest absolute Gasteiger partial charge is 0.462 e. The van der Waals surface area contributed by atoms with E-state index in [-0.39, 0.29) is 22.9 Å². The first-order valence-corrected chi connectivity index (χ1v) is 8.05. The third-order valence-electron chi connectivity index (χ3n) is 2.79. The van der Waals surface area contributed by atoms with E-state index in [1.807, 2.05) is 0 Å². The van der Waals surface area contributed by atoms with Crippen LogP contribution in [0.25, 0.3) is 5.69 Å². The fourth-order valence-electron chi connectivity index (χ4n) is 1.78. The number of anilines is 1. The van der Waals surface area contributed by atoms with Gasteiger partial charge in [-0.3, -0.25) is 0 Å². The van der Waals surface area contributed by atoms with Crippen molar-refractivity contribution >= 4 is 21.6 Å². The molecule has 0 aliphatic carbocycles. The topological polar surface area (TPSA) is 104 Å². The quantitative estimate of drug-likeness (QED) is 0.846. The Morgan fingerprint density at radius 2 is 2.14 bits per heavy atom. The average molecular weight is 309 g/mol. The zero-order chi connectivity index (χ0) is 15.6. The Balaban J connectivity index is 2.47. The molecule has 21 heavy (non-hydrogen) atoms. The fraction of sp³-hybridized carbons (Fsp3) is 0.231. The van der Waals surface area contributed by atoms with E-state index in [2.05, 4.69) is 5.10 Å². The molecule has 0 saturated carbocycles. The maximum absolute atomic E-state index is 11.7. The summed E-state index contributed by atoms with van der Waals surface area (Å²) < 4.78 is 29.3. The molecule has 1 aromatic heterocycles. The van der Waals surface area contributed by atoms with Gasteiger partial charge in [0, 0.05) is 6.26 Å². The van der Waals surface area contributed by atoms with Crippen molar-refractivity contribution in [1.29, 1.82) is 0 Å². The summed E-state index contributed by atoms with van der Waals surface area (Å²) in [6.45, 7) is 1.92. The molecule has 0 fully saturated rings. The minimum Gasteiger partial charge on any atom is -0.462 e. The molecule has 7 nitrogen and oxygen atoms in total.